The lowest BCUT2D eigenvalue weighted by Gasteiger charge is -2.24. The Bertz CT molecular complexity index is 3780. The summed E-state index contributed by atoms with van der Waals surface area (Å²) in [6.07, 6.45) is 5.32. The number of H-pyrrole nitrogens is 2. The Morgan fingerprint density at radius 1 is 0.485 bits per heavy atom. The number of ketones is 2. The molecule has 103 heavy (non-hydrogen) atoms. The zero-order valence-corrected chi connectivity index (χ0v) is 62.0. The van der Waals surface area contributed by atoms with Crippen molar-refractivity contribution in [3.05, 3.63) is 144 Å². The molecule has 5 amide bonds. The molecule has 2 heterocycles. The zero-order chi connectivity index (χ0) is 76.4. The molecule has 6 rings (SSSR count). The van der Waals surface area contributed by atoms with E-state index in [4.69, 9.17) is 39.3 Å². The van der Waals surface area contributed by atoms with E-state index >= 15 is 0 Å². The summed E-state index contributed by atoms with van der Waals surface area (Å²) in [6, 6.07) is 26.7. The van der Waals surface area contributed by atoms with E-state index in [0.29, 0.717) is 24.3 Å². The molecule has 0 aliphatic heterocycles. The van der Waals surface area contributed by atoms with E-state index in [2.05, 4.69) is 36.6 Å². The number of carboxylic acids is 1. The number of alkyl carbamates (subject to hydrolysis) is 2. The smallest absolute Gasteiger partial charge is 0.408 e. The van der Waals surface area contributed by atoms with E-state index in [1.165, 1.54) is 51.6 Å². The van der Waals surface area contributed by atoms with E-state index in [-0.39, 0.29) is 38.9 Å². The molecule has 0 saturated heterocycles. The van der Waals surface area contributed by atoms with Crippen molar-refractivity contribution >= 4 is 117 Å². The van der Waals surface area contributed by atoms with Crippen LogP contribution in [0.5, 0.6) is 0 Å². The number of hydrogen-bond acceptors (Lipinski definition) is 21. The average Bonchev–Trinajstić information content (AvgIpc) is 1.71. The maximum Gasteiger partial charge on any atom is 0.408 e. The predicted octanol–water partition coefficient (Wildman–Crippen LogP) is 8.37. The Hall–Kier alpha value is -9.74. The highest BCUT2D eigenvalue weighted by Gasteiger charge is 2.35. The number of ether oxygens (including phenoxy) is 6. The fraction of sp³-hybridized carbons (Fsp3) is 0.459. The molecule has 0 aliphatic carbocycles. The van der Waals surface area contributed by atoms with Crippen LogP contribution in [0.4, 0.5) is 9.59 Å². The Kier molecular flexibility index (Phi) is 36.0. The average molecular weight is 1470 g/mol. The SMILES string of the molecule is COC(=O)[C@@H](CC(=O)[C@H](CC(=O)OCc1ccccc1)NC(=O)[C@H](CCSC)CC(=O)[C@H](C)NC(=O)OC(C)(C)C)Cc1c[nH]c2ccccc12.COC(=O)[C@H](Cc1c[nH]c2ccccc12)NC(=O)[C@H](CC(=O)OCc1ccccc1)NC(=O)[C@@H](N)CCSC.C[C@H](NC(=O)OC(C)(C)C)C(=O)O. The van der Waals surface area contributed by atoms with E-state index < -0.39 is 143 Å². The molecule has 6 aromatic rings. The number of hydrogen-bond donors (Lipinski definition) is 9. The van der Waals surface area contributed by atoms with Gasteiger partial charge in [0.25, 0.3) is 0 Å². The Morgan fingerprint density at radius 3 is 1.39 bits per heavy atom. The van der Waals surface area contributed by atoms with Crippen molar-refractivity contribution in [2.45, 2.75) is 167 Å². The van der Waals surface area contributed by atoms with Crippen LogP contribution < -0.4 is 32.3 Å². The monoisotopic (exact) mass is 1470 g/mol. The second-order valence-corrected chi connectivity index (χ2v) is 28.0. The molecule has 0 radical (unpaired) electrons. The minimum atomic E-state index is -1.35. The normalized spacial score (nSPS) is 13.4. The highest BCUT2D eigenvalue weighted by atomic mass is 32.2. The van der Waals surface area contributed by atoms with Gasteiger partial charge in [-0.1, -0.05) is 97.1 Å². The lowest BCUT2D eigenvalue weighted by atomic mass is 9.90. The van der Waals surface area contributed by atoms with Gasteiger partial charge in [-0.2, -0.15) is 23.5 Å². The number of esters is 4. The van der Waals surface area contributed by atoms with E-state index in [1.54, 1.807) is 90.3 Å². The van der Waals surface area contributed by atoms with Crippen LogP contribution in [0.25, 0.3) is 21.8 Å². The summed E-state index contributed by atoms with van der Waals surface area (Å²) in [7, 11) is 2.46. The lowest BCUT2D eigenvalue weighted by molar-refractivity contribution is -0.149. The number of rotatable bonds is 35. The fourth-order valence-corrected chi connectivity index (χ4v) is 10.9. The molecule has 10 N–H and O–H groups in total. The van der Waals surface area contributed by atoms with Gasteiger partial charge in [0, 0.05) is 59.4 Å². The molecule has 8 atom stereocenters. The van der Waals surface area contributed by atoms with Gasteiger partial charge in [0.05, 0.1) is 51.1 Å². The summed E-state index contributed by atoms with van der Waals surface area (Å²) in [5.74, 6) is -7.26. The van der Waals surface area contributed by atoms with Crippen molar-refractivity contribution in [3.8, 4) is 0 Å². The molecule has 0 spiro atoms. The molecule has 27 nitrogen and oxygen atoms in total. The number of carbonyl (C=O) groups is 12. The molecule has 0 aliphatic rings. The summed E-state index contributed by atoms with van der Waals surface area (Å²) in [5.41, 5.74) is 9.48. The molecule has 2 aromatic heterocycles. The summed E-state index contributed by atoms with van der Waals surface area (Å²) >= 11 is 3.02. The van der Waals surface area contributed by atoms with Crippen LogP contribution in [0.15, 0.2) is 122 Å². The van der Waals surface area contributed by atoms with E-state index in [0.717, 1.165) is 44.1 Å². The molecule has 0 bridgehead atoms. The van der Waals surface area contributed by atoms with Crippen molar-refractivity contribution < 1.29 is 91.1 Å². The number of aromatic nitrogens is 2. The molecule has 29 heteroatoms. The maximum absolute atomic E-state index is 13.9. The van der Waals surface area contributed by atoms with Crippen molar-refractivity contribution in [1.82, 2.24) is 36.6 Å². The lowest BCUT2D eigenvalue weighted by Crippen LogP contribution is -2.55. The Balaban J connectivity index is 0.000000380. The minimum Gasteiger partial charge on any atom is -0.480 e. The van der Waals surface area contributed by atoms with E-state index in [1.807, 2.05) is 85.3 Å². The molecule has 0 saturated carbocycles. The van der Waals surface area contributed by atoms with Gasteiger partial charge in [-0.15, -0.1) is 0 Å². The maximum atomic E-state index is 13.9. The van der Waals surface area contributed by atoms with Crippen molar-refractivity contribution in [2.75, 3.05) is 38.2 Å². The zero-order valence-electron chi connectivity index (χ0n) is 60.3. The van der Waals surface area contributed by atoms with E-state index in [9.17, 15) is 57.5 Å². The standard InChI is InChI=1S/C38H49N3O9S.C28H34N4O6S.C8H15NO4/c1-24(40-37(47)50-38(2,3)4)32(42)19-26(16-17-51-6)35(45)41-31(21-34(44)49-23-25-12-8-7-9-13-25)33(43)20-27(36(46)48-5)18-28-22-39-30-15-11-10-14-29(28)30;1-37-28(36)24(14-19-16-30-22-11-7-6-10-20(19)22)32-27(35)23(31-26(34)21(29)12-13-39-2)15-25(33)38-17-18-8-4-3-5-9-18;1-5(6(10)11)9-7(12)13-8(2,3)4/h7-15,22,24,26-27,31,39H,16-21,23H2,1-6H3,(H,40,47)(H,41,45);3-11,16,21,23-24,30H,12-15,17,29H2,1-2H3,(H,31,34)(H,32,35);5H,1-4H3,(H,9,12)(H,10,11)/t24-,26+,27+,31-;21-,23-,24-;5-/m000/s1. The predicted molar refractivity (Wildman–Crippen MR) is 391 cm³/mol. The van der Waals surface area contributed by atoms with Crippen molar-refractivity contribution in [2.24, 2.45) is 17.6 Å². The Labute approximate surface area is 608 Å². The number of aromatic amines is 2. The Morgan fingerprint density at radius 2 is 0.913 bits per heavy atom. The minimum absolute atomic E-state index is 0.0144. The molecule has 560 valence electrons. The molecule has 4 aromatic carbocycles. The number of carbonyl (C=O) groups excluding carboxylic acids is 11. The van der Waals surface area contributed by atoms with Crippen LogP contribution in [0, 0.1) is 11.8 Å². The number of nitrogens with two attached hydrogens (primary N) is 1. The number of methoxy groups -OCH3 is 2. The third-order valence-electron chi connectivity index (χ3n) is 15.4. The number of nitrogens with one attached hydrogen (secondary N) is 7. The number of fused-ring (bicyclic) bond motifs is 2. The number of Topliss-reactive ketones (excluding diaryl/α,β-unsaturated/α-hetero) is 2. The highest BCUT2D eigenvalue weighted by Crippen LogP contribution is 2.25. The molecule has 0 fully saturated rings. The van der Waals surface area contributed by atoms with Gasteiger partial charge in [0.2, 0.25) is 17.7 Å². The van der Waals surface area contributed by atoms with Gasteiger partial charge in [-0.25, -0.2) is 14.4 Å². The van der Waals surface area contributed by atoms with Gasteiger partial charge < -0.3 is 75.8 Å². The molecule has 0 unspecified atom stereocenters. The molecular weight excluding hydrogens is 1370 g/mol. The summed E-state index contributed by atoms with van der Waals surface area (Å²) < 4.78 is 30.8. The first-order valence-electron chi connectivity index (χ1n) is 33.3. The fourth-order valence-electron chi connectivity index (χ4n) is 9.93. The first kappa shape index (κ1) is 85.7. The highest BCUT2D eigenvalue weighted by molar-refractivity contribution is 7.98. The number of carboxylic acid groups (broad SMARTS) is 1. The van der Waals surface area contributed by atoms with Crippen LogP contribution in [-0.4, -0.2) is 172 Å². The number of benzene rings is 4. The second-order valence-electron chi connectivity index (χ2n) is 26.0. The topological polar surface area (TPSA) is 398 Å². The van der Waals surface area contributed by atoms with Crippen molar-refractivity contribution in [1.29, 1.82) is 0 Å². The molecular formula is C74H98N8O19S2. The van der Waals surface area contributed by atoms with Crippen LogP contribution >= 0.6 is 23.5 Å². The third kappa shape index (κ3) is 31.6. The van der Waals surface area contributed by atoms with Crippen LogP contribution in [0.3, 0.4) is 0 Å². The van der Waals surface area contributed by atoms with Gasteiger partial charge in [-0.05, 0) is 133 Å². The third-order valence-corrected chi connectivity index (χ3v) is 16.7. The van der Waals surface area contributed by atoms with Crippen molar-refractivity contribution in [3.63, 3.8) is 0 Å². The van der Waals surface area contributed by atoms with Gasteiger partial charge >= 0.3 is 42.0 Å². The number of thioether (sulfide) groups is 2. The summed E-state index contributed by atoms with van der Waals surface area (Å²) in [4.78, 5) is 158. The number of aliphatic carboxylic acids is 1. The number of para-hydroxylation sites is 2. The first-order chi connectivity index (χ1) is 48.7. The largest absolute Gasteiger partial charge is 0.480 e. The van der Waals surface area contributed by atoms with Gasteiger partial charge in [0.15, 0.2) is 11.6 Å². The second kappa shape index (κ2) is 43.3. The first-order valence-corrected chi connectivity index (χ1v) is 36.1. The van der Waals surface area contributed by atoms with Crippen LogP contribution in [-0.2, 0) is 102 Å². The van der Waals surface area contributed by atoms with Gasteiger partial charge in [0.1, 0.15) is 42.5 Å². The van der Waals surface area contributed by atoms with Crippen LogP contribution in [0.1, 0.15) is 116 Å². The quantitative estimate of drug-likeness (QED) is 0.0133. The van der Waals surface area contributed by atoms with Gasteiger partial charge in [-0.3, -0.25) is 43.2 Å². The number of amides is 5. The van der Waals surface area contributed by atoms with Crippen LogP contribution in [0.2, 0.25) is 0 Å². The summed E-state index contributed by atoms with van der Waals surface area (Å²) in [6.45, 7) is 13.1. The summed E-state index contributed by atoms with van der Waals surface area (Å²) in [5, 5.41) is 22.8.